The molecular weight excluding hydrogens is 342 g/mol. The van der Waals surface area contributed by atoms with Crippen molar-refractivity contribution in [2.24, 2.45) is 0 Å². The molecule has 0 N–H and O–H groups in total. The predicted molar refractivity (Wildman–Crippen MR) is 108 cm³/mol. The van der Waals surface area contributed by atoms with E-state index >= 15 is 0 Å². The highest BCUT2D eigenvalue weighted by Gasteiger charge is 2.28. The maximum absolute atomic E-state index is 9.99. The number of hydrogen-bond acceptors (Lipinski definition) is 2. The quantitative estimate of drug-likeness (QED) is 0.574. The van der Waals surface area contributed by atoms with Gasteiger partial charge in [0, 0.05) is 28.3 Å². The van der Waals surface area contributed by atoms with Crippen molar-refractivity contribution in [3.05, 3.63) is 63.5 Å². The first kappa shape index (κ1) is 20.3. The summed E-state index contributed by atoms with van der Waals surface area (Å²) in [6.45, 7) is 12.6. The summed E-state index contributed by atoms with van der Waals surface area (Å²) in [6, 6.07) is 10.3. The molecule has 0 aliphatic rings. The van der Waals surface area contributed by atoms with E-state index in [0.29, 0.717) is 5.02 Å². The second-order valence-electron chi connectivity index (χ2n) is 7.80. The third-order valence-corrected chi connectivity index (χ3v) is 4.99. The molecule has 1 heterocycles. The molecular formula is C22H28ClN3. The maximum atomic E-state index is 9.99. The lowest BCUT2D eigenvalue weighted by molar-refractivity contribution is 0.354. The van der Waals surface area contributed by atoms with Gasteiger partial charge in [0.05, 0.1) is 17.3 Å². The van der Waals surface area contributed by atoms with Crippen LogP contribution in [0.2, 0.25) is 5.02 Å². The summed E-state index contributed by atoms with van der Waals surface area (Å²) in [4.78, 5) is 0. The Labute approximate surface area is 162 Å². The van der Waals surface area contributed by atoms with Crippen molar-refractivity contribution < 1.29 is 0 Å². The van der Waals surface area contributed by atoms with E-state index in [1.165, 1.54) is 0 Å². The molecule has 0 bridgehead atoms. The SMILES string of the molecule is CCC/C(C)=C(\C#N)C(c1ccccc1Cl)c1cn(C(C)(C)C)nc1C. The molecule has 0 aliphatic carbocycles. The predicted octanol–water partition coefficient (Wildman–Crippen LogP) is 6.37. The van der Waals surface area contributed by atoms with Crippen LogP contribution in [0.3, 0.4) is 0 Å². The highest BCUT2D eigenvalue weighted by Crippen LogP contribution is 2.39. The van der Waals surface area contributed by atoms with Crippen molar-refractivity contribution in [3.63, 3.8) is 0 Å². The molecule has 0 amide bonds. The molecule has 138 valence electrons. The van der Waals surface area contributed by atoms with E-state index in [1.54, 1.807) is 0 Å². The molecule has 26 heavy (non-hydrogen) atoms. The van der Waals surface area contributed by atoms with Gasteiger partial charge in [-0.3, -0.25) is 4.68 Å². The van der Waals surface area contributed by atoms with Gasteiger partial charge in [-0.1, -0.05) is 48.7 Å². The Bertz CT molecular complexity index is 847. The lowest BCUT2D eigenvalue weighted by Gasteiger charge is -2.21. The van der Waals surface area contributed by atoms with Gasteiger partial charge in [0.15, 0.2) is 0 Å². The van der Waals surface area contributed by atoms with Crippen LogP contribution in [0.4, 0.5) is 0 Å². The van der Waals surface area contributed by atoms with Gasteiger partial charge >= 0.3 is 0 Å². The van der Waals surface area contributed by atoms with Crippen LogP contribution in [0.15, 0.2) is 41.6 Å². The first-order valence-corrected chi connectivity index (χ1v) is 9.49. The summed E-state index contributed by atoms with van der Waals surface area (Å²) in [5, 5.41) is 15.4. The van der Waals surface area contributed by atoms with Crippen LogP contribution in [-0.2, 0) is 5.54 Å². The van der Waals surface area contributed by atoms with E-state index in [9.17, 15) is 5.26 Å². The number of hydrogen-bond donors (Lipinski definition) is 0. The van der Waals surface area contributed by atoms with Gasteiger partial charge in [0.1, 0.15) is 0 Å². The van der Waals surface area contributed by atoms with Crippen LogP contribution in [0, 0.1) is 18.3 Å². The number of allylic oxidation sites excluding steroid dienone is 2. The van der Waals surface area contributed by atoms with Gasteiger partial charge in [-0.15, -0.1) is 0 Å². The Morgan fingerprint density at radius 1 is 1.27 bits per heavy atom. The Hall–Kier alpha value is -2.05. The van der Waals surface area contributed by atoms with E-state index in [-0.39, 0.29) is 11.5 Å². The summed E-state index contributed by atoms with van der Waals surface area (Å²) in [6.07, 6.45) is 3.97. The zero-order valence-electron chi connectivity index (χ0n) is 16.6. The molecule has 1 aromatic heterocycles. The number of nitriles is 1. The maximum Gasteiger partial charge on any atom is 0.0956 e. The van der Waals surface area contributed by atoms with Gasteiger partial charge in [-0.2, -0.15) is 10.4 Å². The molecule has 1 atom stereocenters. The topological polar surface area (TPSA) is 41.6 Å². The summed E-state index contributed by atoms with van der Waals surface area (Å²) in [5.74, 6) is -0.198. The minimum absolute atomic E-state index is 0.122. The second kappa shape index (κ2) is 8.10. The lowest BCUT2D eigenvalue weighted by atomic mass is 9.82. The Morgan fingerprint density at radius 3 is 2.42 bits per heavy atom. The number of rotatable bonds is 5. The molecule has 2 rings (SSSR count). The van der Waals surface area contributed by atoms with Crippen molar-refractivity contribution in [2.45, 2.75) is 65.8 Å². The van der Waals surface area contributed by atoms with Crippen molar-refractivity contribution in [1.29, 1.82) is 5.26 Å². The number of halogens is 1. The van der Waals surface area contributed by atoms with Gasteiger partial charge in [0.25, 0.3) is 0 Å². The number of benzene rings is 1. The average molecular weight is 370 g/mol. The van der Waals surface area contributed by atoms with Crippen molar-refractivity contribution in [3.8, 4) is 6.07 Å². The van der Waals surface area contributed by atoms with Gasteiger partial charge < -0.3 is 0 Å². The zero-order valence-corrected chi connectivity index (χ0v) is 17.4. The molecule has 1 aromatic carbocycles. The highest BCUT2D eigenvalue weighted by atomic mass is 35.5. The molecule has 0 saturated carbocycles. The standard InChI is InChI=1S/C22H28ClN3/c1-7-10-15(2)18(13-24)21(17-11-8-9-12-20(17)23)19-14-26(22(4,5)6)25-16(19)3/h8-9,11-12,14,21H,7,10H2,1-6H3/b18-15+. The molecule has 4 heteroatoms. The van der Waals surface area contributed by atoms with E-state index in [0.717, 1.165) is 40.8 Å². The zero-order chi connectivity index (χ0) is 19.5. The smallest absolute Gasteiger partial charge is 0.0956 e. The summed E-state index contributed by atoms with van der Waals surface area (Å²) in [5.41, 5.74) is 4.70. The first-order valence-electron chi connectivity index (χ1n) is 9.11. The molecule has 0 aliphatic heterocycles. The third kappa shape index (κ3) is 4.19. The average Bonchev–Trinajstić information content (AvgIpc) is 2.95. The Morgan fingerprint density at radius 2 is 1.92 bits per heavy atom. The van der Waals surface area contributed by atoms with Crippen molar-refractivity contribution in [2.75, 3.05) is 0 Å². The minimum Gasteiger partial charge on any atom is -0.267 e. The first-order chi connectivity index (χ1) is 12.2. The van der Waals surface area contributed by atoms with E-state index < -0.39 is 0 Å². The van der Waals surface area contributed by atoms with Crippen LogP contribution in [0.1, 0.15) is 70.2 Å². The van der Waals surface area contributed by atoms with Crippen LogP contribution >= 0.6 is 11.6 Å². The number of aromatic nitrogens is 2. The van der Waals surface area contributed by atoms with E-state index in [1.807, 2.05) is 35.9 Å². The van der Waals surface area contributed by atoms with Gasteiger partial charge in [-0.25, -0.2) is 0 Å². The fourth-order valence-electron chi connectivity index (χ4n) is 3.20. The molecule has 0 saturated heterocycles. The van der Waals surface area contributed by atoms with Crippen LogP contribution < -0.4 is 0 Å². The third-order valence-electron chi connectivity index (χ3n) is 4.65. The van der Waals surface area contributed by atoms with E-state index in [2.05, 4.69) is 46.9 Å². The molecule has 3 nitrogen and oxygen atoms in total. The van der Waals surface area contributed by atoms with Crippen LogP contribution in [-0.4, -0.2) is 9.78 Å². The summed E-state index contributed by atoms with van der Waals surface area (Å²) < 4.78 is 1.98. The highest BCUT2D eigenvalue weighted by molar-refractivity contribution is 6.31. The van der Waals surface area contributed by atoms with Gasteiger partial charge in [-0.05, 0) is 52.7 Å². The van der Waals surface area contributed by atoms with Crippen LogP contribution in [0.5, 0.6) is 0 Å². The fourth-order valence-corrected chi connectivity index (χ4v) is 3.45. The van der Waals surface area contributed by atoms with Crippen molar-refractivity contribution in [1.82, 2.24) is 9.78 Å². The molecule has 0 radical (unpaired) electrons. The Balaban J connectivity index is 2.75. The van der Waals surface area contributed by atoms with Crippen LogP contribution in [0.25, 0.3) is 0 Å². The second-order valence-corrected chi connectivity index (χ2v) is 8.20. The molecule has 0 spiro atoms. The number of aryl methyl sites for hydroxylation is 1. The normalized spacial score (nSPS) is 13.9. The minimum atomic E-state index is -0.198. The van der Waals surface area contributed by atoms with Gasteiger partial charge in [0.2, 0.25) is 0 Å². The van der Waals surface area contributed by atoms with E-state index in [4.69, 9.17) is 16.7 Å². The molecule has 2 aromatic rings. The lowest BCUT2D eigenvalue weighted by Crippen LogP contribution is -2.22. The summed E-state index contributed by atoms with van der Waals surface area (Å²) >= 11 is 6.54. The number of nitrogens with zero attached hydrogens (tertiary/aromatic N) is 3. The molecule has 1 unspecified atom stereocenters. The fraction of sp³-hybridized carbons (Fsp3) is 0.455. The Kier molecular flexibility index (Phi) is 6.31. The summed E-state index contributed by atoms with van der Waals surface area (Å²) in [7, 11) is 0. The monoisotopic (exact) mass is 369 g/mol. The molecule has 0 fully saturated rings. The largest absolute Gasteiger partial charge is 0.267 e. The van der Waals surface area contributed by atoms with Crippen molar-refractivity contribution >= 4 is 11.6 Å².